The lowest BCUT2D eigenvalue weighted by Gasteiger charge is -2.22. The van der Waals surface area contributed by atoms with E-state index in [-0.39, 0.29) is 0 Å². The maximum absolute atomic E-state index is 5.07. The Kier molecular flexibility index (Phi) is 5.90. The van der Waals surface area contributed by atoms with Gasteiger partial charge in [0.1, 0.15) is 0 Å². The summed E-state index contributed by atoms with van der Waals surface area (Å²) in [7, 11) is 5.85. The van der Waals surface area contributed by atoms with Gasteiger partial charge >= 0.3 is 0 Å². The molecule has 0 unspecified atom stereocenters. The molecule has 0 spiro atoms. The Morgan fingerprint density at radius 2 is 2.06 bits per heavy atom. The Labute approximate surface area is 98.4 Å². The van der Waals surface area contributed by atoms with E-state index in [1.54, 1.807) is 7.11 Å². The number of nitrogens with zero attached hydrogens (tertiary/aromatic N) is 1. The van der Waals surface area contributed by atoms with E-state index >= 15 is 0 Å². The molecule has 0 saturated heterocycles. The average Bonchev–Trinajstić information content (AvgIpc) is 2.30. The van der Waals surface area contributed by atoms with E-state index in [1.165, 1.54) is 11.3 Å². The Morgan fingerprint density at radius 3 is 2.75 bits per heavy atom. The van der Waals surface area contributed by atoms with Crippen LogP contribution in [0.4, 0.5) is 5.69 Å². The van der Waals surface area contributed by atoms with Crippen molar-refractivity contribution in [2.45, 2.75) is 13.0 Å². The lowest BCUT2D eigenvalue weighted by molar-refractivity contribution is 0.196. The van der Waals surface area contributed by atoms with Crippen LogP contribution >= 0.6 is 0 Å². The predicted octanol–water partition coefficient (Wildman–Crippen LogP) is 1.88. The molecule has 1 N–H and O–H groups in total. The summed E-state index contributed by atoms with van der Waals surface area (Å²) in [6.45, 7) is 2.75. The Bertz CT molecular complexity index is 302. The number of nitrogens with one attached hydrogen (secondary N) is 1. The molecule has 1 aromatic carbocycles. The van der Waals surface area contributed by atoms with Crippen molar-refractivity contribution >= 4 is 5.69 Å². The summed E-state index contributed by atoms with van der Waals surface area (Å²) in [5, 5.41) is 3.20. The van der Waals surface area contributed by atoms with E-state index < -0.39 is 0 Å². The lowest BCUT2D eigenvalue weighted by Crippen LogP contribution is -2.22. The molecule has 0 aromatic heterocycles. The first-order valence-corrected chi connectivity index (χ1v) is 5.72. The molecule has 0 heterocycles. The normalized spacial score (nSPS) is 10.4. The number of hydrogen-bond donors (Lipinski definition) is 1. The zero-order chi connectivity index (χ0) is 11.8. The Morgan fingerprint density at radius 1 is 1.31 bits per heavy atom. The van der Waals surface area contributed by atoms with Crippen molar-refractivity contribution in [3.63, 3.8) is 0 Å². The highest BCUT2D eigenvalue weighted by atomic mass is 16.5. The van der Waals surface area contributed by atoms with E-state index in [9.17, 15) is 0 Å². The fraction of sp³-hybridized carbons (Fsp3) is 0.538. The summed E-state index contributed by atoms with van der Waals surface area (Å²) in [6.07, 6.45) is 1.06. The van der Waals surface area contributed by atoms with Crippen LogP contribution in [0.25, 0.3) is 0 Å². The topological polar surface area (TPSA) is 24.5 Å². The van der Waals surface area contributed by atoms with Crippen molar-refractivity contribution in [3.8, 4) is 0 Å². The molecular formula is C13H22N2O. The van der Waals surface area contributed by atoms with Crippen molar-refractivity contribution in [1.29, 1.82) is 0 Å². The Hall–Kier alpha value is -1.06. The highest BCUT2D eigenvalue weighted by Gasteiger charge is 2.05. The average molecular weight is 222 g/mol. The van der Waals surface area contributed by atoms with Gasteiger partial charge in [-0.1, -0.05) is 18.2 Å². The largest absolute Gasteiger partial charge is 0.385 e. The number of ether oxygens (including phenoxy) is 1. The van der Waals surface area contributed by atoms with Gasteiger partial charge in [-0.15, -0.1) is 0 Å². The Balaban J connectivity index is 2.62. The minimum atomic E-state index is 0.818. The number of para-hydroxylation sites is 1. The molecule has 16 heavy (non-hydrogen) atoms. The monoisotopic (exact) mass is 222 g/mol. The molecule has 0 bridgehead atoms. The van der Waals surface area contributed by atoms with Crippen molar-refractivity contribution in [2.75, 3.05) is 39.3 Å². The van der Waals surface area contributed by atoms with Gasteiger partial charge in [0.15, 0.2) is 0 Å². The van der Waals surface area contributed by atoms with Crippen LogP contribution in [0.1, 0.15) is 12.0 Å². The summed E-state index contributed by atoms with van der Waals surface area (Å²) >= 11 is 0. The molecule has 0 aliphatic rings. The molecule has 0 aliphatic carbocycles. The summed E-state index contributed by atoms with van der Waals surface area (Å²) in [5.74, 6) is 0. The molecule has 3 nitrogen and oxygen atoms in total. The highest BCUT2D eigenvalue weighted by Crippen LogP contribution is 2.18. The summed E-state index contributed by atoms with van der Waals surface area (Å²) in [4.78, 5) is 2.28. The first kappa shape index (κ1) is 13.0. The van der Waals surface area contributed by atoms with Crippen molar-refractivity contribution in [1.82, 2.24) is 5.32 Å². The van der Waals surface area contributed by atoms with E-state index in [1.807, 2.05) is 7.05 Å². The van der Waals surface area contributed by atoms with Crippen LogP contribution in [-0.2, 0) is 11.3 Å². The predicted molar refractivity (Wildman–Crippen MR) is 69.0 cm³/mol. The first-order valence-electron chi connectivity index (χ1n) is 5.72. The minimum absolute atomic E-state index is 0.818. The standard InChI is InChI=1S/C13H22N2O/c1-14-11-12-7-4-5-8-13(12)15(2)9-6-10-16-3/h4-5,7-8,14H,6,9-11H2,1-3H3. The van der Waals surface area contributed by atoms with Crippen molar-refractivity contribution < 1.29 is 4.74 Å². The second-order valence-electron chi connectivity index (χ2n) is 3.93. The van der Waals surface area contributed by atoms with E-state index in [4.69, 9.17) is 4.74 Å². The zero-order valence-electron chi connectivity index (χ0n) is 10.5. The fourth-order valence-corrected chi connectivity index (χ4v) is 1.79. The van der Waals surface area contributed by atoms with Crippen LogP contribution in [-0.4, -0.2) is 34.4 Å². The quantitative estimate of drug-likeness (QED) is 0.713. The number of benzene rings is 1. The summed E-state index contributed by atoms with van der Waals surface area (Å²) in [6, 6.07) is 8.50. The summed E-state index contributed by atoms with van der Waals surface area (Å²) < 4.78 is 5.07. The van der Waals surface area contributed by atoms with Crippen LogP contribution < -0.4 is 10.2 Å². The third-order valence-electron chi connectivity index (χ3n) is 2.61. The van der Waals surface area contributed by atoms with Gasteiger partial charge in [0.2, 0.25) is 0 Å². The molecular weight excluding hydrogens is 200 g/mol. The van der Waals surface area contributed by atoms with Gasteiger partial charge in [-0.3, -0.25) is 0 Å². The third kappa shape index (κ3) is 3.83. The van der Waals surface area contributed by atoms with Gasteiger partial charge < -0.3 is 15.0 Å². The fourth-order valence-electron chi connectivity index (χ4n) is 1.79. The van der Waals surface area contributed by atoms with E-state index in [2.05, 4.69) is 41.5 Å². The number of rotatable bonds is 7. The molecule has 0 saturated carbocycles. The molecule has 1 rings (SSSR count). The minimum Gasteiger partial charge on any atom is -0.385 e. The molecule has 90 valence electrons. The van der Waals surface area contributed by atoms with Crippen molar-refractivity contribution in [2.24, 2.45) is 0 Å². The van der Waals surface area contributed by atoms with Crippen LogP contribution in [0.2, 0.25) is 0 Å². The molecule has 3 heteroatoms. The van der Waals surface area contributed by atoms with E-state index in [0.717, 1.165) is 26.1 Å². The van der Waals surface area contributed by atoms with Crippen LogP contribution in [0.5, 0.6) is 0 Å². The molecule has 0 aliphatic heterocycles. The van der Waals surface area contributed by atoms with E-state index in [0.29, 0.717) is 0 Å². The number of hydrogen-bond acceptors (Lipinski definition) is 3. The summed E-state index contributed by atoms with van der Waals surface area (Å²) in [5.41, 5.74) is 2.64. The highest BCUT2D eigenvalue weighted by molar-refractivity contribution is 5.52. The van der Waals surface area contributed by atoms with Crippen molar-refractivity contribution in [3.05, 3.63) is 29.8 Å². The molecule has 1 aromatic rings. The third-order valence-corrected chi connectivity index (χ3v) is 2.61. The van der Waals surface area contributed by atoms with Crippen LogP contribution in [0.3, 0.4) is 0 Å². The van der Waals surface area contributed by atoms with Gasteiger partial charge in [0.25, 0.3) is 0 Å². The molecule has 0 radical (unpaired) electrons. The molecule has 0 fully saturated rings. The smallest absolute Gasteiger partial charge is 0.0479 e. The molecule has 0 atom stereocenters. The number of methoxy groups -OCH3 is 1. The van der Waals surface area contributed by atoms with Gasteiger partial charge in [0.05, 0.1) is 0 Å². The SMILES string of the molecule is CNCc1ccccc1N(C)CCCOC. The second-order valence-corrected chi connectivity index (χ2v) is 3.93. The second kappa shape index (κ2) is 7.25. The van der Waals surface area contributed by atoms with Crippen LogP contribution in [0, 0.1) is 0 Å². The molecule has 0 amide bonds. The maximum Gasteiger partial charge on any atom is 0.0479 e. The number of anilines is 1. The van der Waals surface area contributed by atoms with Gasteiger partial charge in [-0.25, -0.2) is 0 Å². The van der Waals surface area contributed by atoms with Gasteiger partial charge in [-0.2, -0.15) is 0 Å². The van der Waals surface area contributed by atoms with Gasteiger partial charge in [0, 0.05) is 39.5 Å². The first-order chi connectivity index (χ1) is 7.79. The van der Waals surface area contributed by atoms with Crippen LogP contribution in [0.15, 0.2) is 24.3 Å². The zero-order valence-corrected chi connectivity index (χ0v) is 10.5. The van der Waals surface area contributed by atoms with Gasteiger partial charge in [-0.05, 0) is 25.1 Å². The maximum atomic E-state index is 5.07. The lowest BCUT2D eigenvalue weighted by atomic mass is 10.1.